The molecule has 0 unspecified atom stereocenters. The first-order chi connectivity index (χ1) is 16.4. The summed E-state index contributed by atoms with van der Waals surface area (Å²) in [6, 6.07) is 11.2. The lowest BCUT2D eigenvalue weighted by atomic mass is 10.1. The Morgan fingerprint density at radius 2 is 1.74 bits per heavy atom. The average molecular weight is 551 g/mol. The molecule has 2 aromatic carbocycles. The van der Waals surface area contributed by atoms with Crippen LogP contribution in [-0.4, -0.2) is 46.1 Å². The second-order valence-electron chi connectivity index (χ2n) is 7.11. The van der Waals surface area contributed by atoms with Gasteiger partial charge in [-0.25, -0.2) is 0 Å². The molecular weight excluding hydrogens is 524 g/mol. The molecule has 1 heterocycles. The van der Waals surface area contributed by atoms with E-state index >= 15 is 0 Å². The van der Waals surface area contributed by atoms with E-state index in [0.717, 1.165) is 17.0 Å². The Morgan fingerprint density at radius 1 is 1.06 bits per heavy atom. The molecule has 0 amide bonds. The largest absolute Gasteiger partial charge is 0.494 e. The second-order valence-corrected chi connectivity index (χ2v) is 9.13. The van der Waals surface area contributed by atoms with Crippen molar-refractivity contribution in [3.63, 3.8) is 0 Å². The number of aromatic nitrogens is 3. The van der Waals surface area contributed by atoms with E-state index in [9.17, 15) is 10.1 Å². The number of hydrogen-bond donors (Lipinski definition) is 0. The number of nitrogens with zero attached hydrogens (tertiary/aromatic N) is 4. The van der Waals surface area contributed by atoms with Gasteiger partial charge >= 0.3 is 0 Å². The molecule has 0 radical (unpaired) electrons. The van der Waals surface area contributed by atoms with Crippen molar-refractivity contribution in [3.05, 3.63) is 62.4 Å². The maximum atomic E-state index is 11.6. The summed E-state index contributed by atoms with van der Waals surface area (Å²) < 4.78 is 19.6. The van der Waals surface area contributed by atoms with Crippen LogP contribution in [0, 0.1) is 17.0 Å². The first-order valence-corrected chi connectivity index (χ1v) is 12.6. The van der Waals surface area contributed by atoms with Gasteiger partial charge < -0.3 is 14.2 Å². The molecule has 0 aliphatic rings. The lowest BCUT2D eigenvalue weighted by molar-refractivity contribution is -0.479. The predicted molar refractivity (Wildman–Crippen MR) is 134 cm³/mol. The third kappa shape index (κ3) is 6.20. The molecule has 3 rings (SSSR count). The van der Waals surface area contributed by atoms with Gasteiger partial charge in [0.1, 0.15) is 16.8 Å². The normalized spacial score (nSPS) is 11.8. The van der Waals surface area contributed by atoms with E-state index in [0.29, 0.717) is 46.8 Å². The van der Waals surface area contributed by atoms with E-state index in [2.05, 4.69) is 26.1 Å². The fraction of sp³-hybridized carbons (Fsp3) is 0.391. The van der Waals surface area contributed by atoms with Crippen LogP contribution in [0.2, 0.25) is 0 Å². The Hall–Kier alpha value is -2.79. The maximum absolute atomic E-state index is 11.6. The molecule has 0 bridgehead atoms. The van der Waals surface area contributed by atoms with Crippen LogP contribution < -0.4 is 14.2 Å². The van der Waals surface area contributed by atoms with Gasteiger partial charge in [-0.15, -0.1) is 10.2 Å². The van der Waals surface area contributed by atoms with Gasteiger partial charge in [0, 0.05) is 10.6 Å². The van der Waals surface area contributed by atoms with E-state index in [1.54, 1.807) is 6.07 Å². The van der Waals surface area contributed by atoms with Crippen molar-refractivity contribution in [3.8, 4) is 22.9 Å². The minimum absolute atomic E-state index is 0.300. The Labute approximate surface area is 211 Å². The van der Waals surface area contributed by atoms with Crippen molar-refractivity contribution in [2.45, 2.75) is 38.1 Å². The summed E-state index contributed by atoms with van der Waals surface area (Å²) in [5, 5.41) is 20.1. The molecule has 0 saturated heterocycles. The minimum atomic E-state index is -0.536. The van der Waals surface area contributed by atoms with Gasteiger partial charge in [0.25, 0.3) is 0 Å². The SMILES string of the molecule is CCOc1ccc(-n2c(C)nnc2S[C@@H](C[N+](=O)[O-])c2cc(Br)c(OCC)c(OCC)c2)cc1. The molecule has 1 atom stereocenters. The molecular formula is C23H27BrN4O5S. The van der Waals surface area contributed by atoms with Crippen molar-refractivity contribution in [2.24, 2.45) is 0 Å². The maximum Gasteiger partial charge on any atom is 0.220 e. The molecule has 0 aliphatic heterocycles. The Bertz CT molecular complexity index is 1120. The number of hydrogen-bond acceptors (Lipinski definition) is 8. The van der Waals surface area contributed by atoms with Crippen LogP contribution in [0.25, 0.3) is 5.69 Å². The number of ether oxygens (including phenoxy) is 3. The summed E-state index contributed by atoms with van der Waals surface area (Å²) in [5.74, 6) is 2.55. The zero-order chi connectivity index (χ0) is 24.7. The quantitative estimate of drug-likeness (QED) is 0.162. The van der Waals surface area contributed by atoms with E-state index in [1.807, 2.05) is 62.6 Å². The average Bonchev–Trinajstić information content (AvgIpc) is 3.16. The van der Waals surface area contributed by atoms with Crippen molar-refractivity contribution >= 4 is 27.7 Å². The van der Waals surface area contributed by atoms with Crippen LogP contribution in [0.4, 0.5) is 0 Å². The lowest BCUT2D eigenvalue weighted by Crippen LogP contribution is -2.12. The topological polar surface area (TPSA) is 102 Å². The van der Waals surface area contributed by atoms with Gasteiger partial charge in [0.15, 0.2) is 16.7 Å². The number of aryl methyl sites for hydroxylation is 1. The third-order valence-corrected chi connectivity index (χ3v) is 6.53. The highest BCUT2D eigenvalue weighted by Crippen LogP contribution is 2.43. The fourth-order valence-corrected chi connectivity index (χ4v) is 5.10. The van der Waals surface area contributed by atoms with Crippen LogP contribution in [-0.2, 0) is 0 Å². The standard InChI is InChI=1S/C23H27BrN4O5S/c1-5-31-18-10-8-17(9-11-18)28-15(4)25-26-23(28)34-21(14-27(29)30)16-12-19(24)22(33-7-3)20(13-16)32-6-2/h8-13,21H,5-7,14H2,1-4H3/t21-/m0/s1. The number of halogens is 1. The molecule has 0 N–H and O–H groups in total. The summed E-state index contributed by atoms with van der Waals surface area (Å²) in [6.07, 6.45) is 0. The lowest BCUT2D eigenvalue weighted by Gasteiger charge is -2.18. The highest BCUT2D eigenvalue weighted by Gasteiger charge is 2.26. The molecule has 0 aliphatic carbocycles. The van der Waals surface area contributed by atoms with E-state index in [1.165, 1.54) is 11.8 Å². The van der Waals surface area contributed by atoms with Gasteiger partial charge in [-0.1, -0.05) is 11.8 Å². The molecule has 1 aromatic heterocycles. The van der Waals surface area contributed by atoms with Crippen molar-refractivity contribution in [2.75, 3.05) is 26.4 Å². The monoisotopic (exact) mass is 550 g/mol. The summed E-state index contributed by atoms with van der Waals surface area (Å²) in [4.78, 5) is 11.2. The van der Waals surface area contributed by atoms with E-state index in [4.69, 9.17) is 14.2 Å². The molecule has 3 aromatic rings. The Kier molecular flexibility index (Phi) is 9.17. The minimum Gasteiger partial charge on any atom is -0.494 e. The molecule has 182 valence electrons. The molecule has 9 nitrogen and oxygen atoms in total. The van der Waals surface area contributed by atoms with Crippen LogP contribution in [0.1, 0.15) is 37.4 Å². The zero-order valence-corrected chi connectivity index (χ0v) is 21.9. The van der Waals surface area contributed by atoms with Crippen LogP contribution >= 0.6 is 27.7 Å². The smallest absolute Gasteiger partial charge is 0.220 e. The van der Waals surface area contributed by atoms with Crippen LogP contribution in [0.3, 0.4) is 0 Å². The number of nitro groups is 1. The third-order valence-electron chi connectivity index (χ3n) is 4.76. The molecule has 0 saturated carbocycles. The predicted octanol–water partition coefficient (Wildman–Crippen LogP) is 5.64. The van der Waals surface area contributed by atoms with E-state index < -0.39 is 5.25 Å². The van der Waals surface area contributed by atoms with E-state index in [-0.39, 0.29) is 11.5 Å². The van der Waals surface area contributed by atoms with Crippen molar-refractivity contribution in [1.82, 2.24) is 14.8 Å². The van der Waals surface area contributed by atoms with Crippen molar-refractivity contribution < 1.29 is 19.1 Å². The molecule has 0 spiro atoms. The number of benzene rings is 2. The van der Waals surface area contributed by atoms with Crippen molar-refractivity contribution in [1.29, 1.82) is 0 Å². The van der Waals surface area contributed by atoms with Gasteiger partial charge in [0.05, 0.1) is 24.3 Å². The van der Waals surface area contributed by atoms with Gasteiger partial charge in [-0.3, -0.25) is 14.7 Å². The first-order valence-electron chi connectivity index (χ1n) is 10.9. The Balaban J connectivity index is 1.99. The molecule has 11 heteroatoms. The number of thioether (sulfide) groups is 1. The van der Waals surface area contributed by atoms with Gasteiger partial charge in [0.2, 0.25) is 6.54 Å². The number of rotatable bonds is 12. The molecule has 34 heavy (non-hydrogen) atoms. The fourth-order valence-electron chi connectivity index (χ4n) is 3.37. The van der Waals surface area contributed by atoms with Crippen LogP contribution in [0.15, 0.2) is 46.0 Å². The Morgan fingerprint density at radius 3 is 2.35 bits per heavy atom. The highest BCUT2D eigenvalue weighted by atomic mass is 79.9. The molecule has 0 fully saturated rings. The zero-order valence-electron chi connectivity index (χ0n) is 19.5. The summed E-state index contributed by atoms with van der Waals surface area (Å²) >= 11 is 4.82. The highest BCUT2D eigenvalue weighted by molar-refractivity contribution is 9.10. The van der Waals surface area contributed by atoms with Gasteiger partial charge in [-0.2, -0.15) is 0 Å². The summed E-state index contributed by atoms with van der Waals surface area (Å²) in [7, 11) is 0. The second kappa shape index (κ2) is 12.1. The first kappa shape index (κ1) is 25.8. The van der Waals surface area contributed by atoms with Crippen LogP contribution in [0.5, 0.6) is 17.2 Å². The van der Waals surface area contributed by atoms with Gasteiger partial charge in [-0.05, 0) is 85.6 Å². The summed E-state index contributed by atoms with van der Waals surface area (Å²) in [5.41, 5.74) is 1.57. The summed E-state index contributed by atoms with van der Waals surface area (Å²) in [6.45, 7) is 8.72.